The molecule has 2 amide bonds. The van der Waals surface area contributed by atoms with Gasteiger partial charge in [0, 0.05) is 25.6 Å². The van der Waals surface area contributed by atoms with E-state index in [0.717, 1.165) is 28.7 Å². The molecule has 1 N–H and O–H groups in total. The predicted octanol–water partition coefficient (Wildman–Crippen LogP) is 7.16. The molecule has 2 aromatic carbocycles. The Labute approximate surface area is 250 Å². The summed E-state index contributed by atoms with van der Waals surface area (Å²) in [7, 11) is 0. The van der Waals surface area contributed by atoms with Crippen LogP contribution in [0.15, 0.2) is 48.5 Å². The second-order valence-corrected chi connectivity index (χ2v) is 13.2. The second-order valence-electron chi connectivity index (χ2n) is 13.2. The average molecular weight is 579 g/mol. The highest BCUT2D eigenvalue weighted by atomic mass is 16.6. The summed E-state index contributed by atoms with van der Waals surface area (Å²) in [6, 6.07) is 16.3. The number of nitrogens with zero attached hydrogens (tertiary/aromatic N) is 2. The Morgan fingerprint density at radius 3 is 2.00 bits per heavy atom. The Morgan fingerprint density at radius 1 is 0.952 bits per heavy atom. The van der Waals surface area contributed by atoms with Crippen LogP contribution in [0, 0.1) is 11.8 Å². The van der Waals surface area contributed by atoms with Crippen molar-refractivity contribution in [2.24, 2.45) is 11.8 Å². The molecule has 8 heteroatoms. The summed E-state index contributed by atoms with van der Waals surface area (Å²) >= 11 is 0. The maximum absolute atomic E-state index is 13.9. The van der Waals surface area contributed by atoms with Crippen molar-refractivity contribution in [2.75, 3.05) is 26.2 Å². The molecule has 1 fully saturated rings. The van der Waals surface area contributed by atoms with Gasteiger partial charge in [-0.1, -0.05) is 62.4 Å². The fraction of sp³-hybridized carbons (Fsp3) is 0.559. The molecule has 42 heavy (non-hydrogen) atoms. The predicted molar refractivity (Wildman–Crippen MR) is 162 cm³/mol. The van der Waals surface area contributed by atoms with Crippen molar-refractivity contribution in [3.8, 4) is 11.1 Å². The Kier molecular flexibility index (Phi) is 9.53. The molecule has 8 nitrogen and oxygen atoms in total. The van der Waals surface area contributed by atoms with Gasteiger partial charge >= 0.3 is 18.2 Å². The molecule has 0 saturated carbocycles. The molecule has 1 aliphatic heterocycles. The lowest BCUT2D eigenvalue weighted by Gasteiger charge is -2.45. The van der Waals surface area contributed by atoms with E-state index in [1.165, 1.54) is 4.90 Å². The van der Waals surface area contributed by atoms with Crippen molar-refractivity contribution < 1.29 is 29.0 Å². The molecule has 1 heterocycles. The molecule has 1 saturated heterocycles. The molecule has 0 bridgehead atoms. The Balaban J connectivity index is 1.53. The van der Waals surface area contributed by atoms with Gasteiger partial charge in [-0.25, -0.2) is 14.4 Å². The lowest BCUT2D eigenvalue weighted by Crippen LogP contribution is -2.62. The van der Waals surface area contributed by atoms with E-state index < -0.39 is 29.3 Å². The first kappa shape index (κ1) is 31.4. The summed E-state index contributed by atoms with van der Waals surface area (Å²) in [6.07, 6.45) is 1.41. The van der Waals surface area contributed by atoms with Crippen LogP contribution in [0.3, 0.4) is 0 Å². The summed E-state index contributed by atoms with van der Waals surface area (Å²) in [5.74, 6) is -1.11. The zero-order valence-corrected chi connectivity index (χ0v) is 25.9. The molecule has 0 radical (unpaired) electrons. The van der Waals surface area contributed by atoms with Gasteiger partial charge in [-0.05, 0) is 87.5 Å². The highest BCUT2D eigenvalue weighted by Crippen LogP contribution is 2.45. The van der Waals surface area contributed by atoms with Crippen LogP contribution in [0.25, 0.3) is 11.1 Å². The number of carboxylic acids is 1. The van der Waals surface area contributed by atoms with Crippen molar-refractivity contribution in [1.29, 1.82) is 0 Å². The number of hydrogen-bond donors (Lipinski definition) is 1. The van der Waals surface area contributed by atoms with Gasteiger partial charge in [-0.15, -0.1) is 0 Å². The van der Waals surface area contributed by atoms with E-state index in [2.05, 4.69) is 38.1 Å². The van der Waals surface area contributed by atoms with Crippen molar-refractivity contribution in [1.82, 2.24) is 9.80 Å². The largest absolute Gasteiger partial charge is 0.479 e. The molecule has 2 aliphatic rings. The highest BCUT2D eigenvalue weighted by Gasteiger charge is 2.50. The van der Waals surface area contributed by atoms with Crippen molar-refractivity contribution in [3.05, 3.63) is 59.7 Å². The van der Waals surface area contributed by atoms with Gasteiger partial charge in [-0.3, -0.25) is 4.90 Å². The molecule has 1 atom stereocenters. The molecular weight excluding hydrogens is 532 g/mol. The van der Waals surface area contributed by atoms with Gasteiger partial charge in [0.05, 0.1) is 0 Å². The van der Waals surface area contributed by atoms with E-state index in [1.807, 2.05) is 45.0 Å². The number of piperidine rings is 1. The first-order chi connectivity index (χ1) is 19.8. The molecule has 2 aromatic rings. The van der Waals surface area contributed by atoms with Gasteiger partial charge in [0.25, 0.3) is 0 Å². The third kappa shape index (κ3) is 6.74. The number of hydrogen-bond acceptors (Lipinski definition) is 5. The van der Waals surface area contributed by atoms with E-state index in [9.17, 15) is 19.5 Å². The fourth-order valence-corrected chi connectivity index (χ4v) is 6.30. The minimum atomic E-state index is -1.49. The third-order valence-electron chi connectivity index (χ3n) is 8.65. The summed E-state index contributed by atoms with van der Waals surface area (Å²) in [5.41, 5.74) is 2.38. The maximum atomic E-state index is 13.9. The SMILES string of the molecule is CC(C)CCCN(C(=O)OCC1c2ccccc2-c2ccccc21)C(C)(C(=O)O)C1CCN(C(=O)OC(C)(C)C)CC1. The summed E-state index contributed by atoms with van der Waals surface area (Å²) in [4.78, 5) is 42.6. The van der Waals surface area contributed by atoms with Gasteiger partial charge in [0.15, 0.2) is 0 Å². The number of ether oxygens (including phenoxy) is 2. The minimum absolute atomic E-state index is 0.119. The van der Waals surface area contributed by atoms with Crippen molar-refractivity contribution in [3.63, 3.8) is 0 Å². The number of amides is 2. The smallest absolute Gasteiger partial charge is 0.410 e. The number of aliphatic carboxylic acids is 1. The molecule has 0 spiro atoms. The monoisotopic (exact) mass is 578 g/mol. The quantitative estimate of drug-likeness (QED) is 0.339. The van der Waals surface area contributed by atoms with Gasteiger partial charge in [-0.2, -0.15) is 0 Å². The fourth-order valence-electron chi connectivity index (χ4n) is 6.30. The van der Waals surface area contributed by atoms with Crippen molar-refractivity contribution in [2.45, 2.75) is 84.3 Å². The van der Waals surface area contributed by atoms with E-state index in [-0.39, 0.29) is 25.0 Å². The van der Waals surface area contributed by atoms with E-state index >= 15 is 0 Å². The van der Waals surface area contributed by atoms with Gasteiger partial charge in [0.2, 0.25) is 0 Å². The zero-order chi connectivity index (χ0) is 30.7. The number of fused-ring (bicyclic) bond motifs is 3. The minimum Gasteiger partial charge on any atom is -0.479 e. The summed E-state index contributed by atoms with van der Waals surface area (Å²) in [6.45, 7) is 12.5. The standard InChI is InChI=1S/C34H46N2O6/c1-23(2)12-11-19-36(34(6,30(37)38)24-17-20-35(21-18-24)31(39)42-33(3,4)5)32(40)41-22-29-27-15-9-7-13-25(27)26-14-8-10-16-28(26)29/h7-10,13-16,23-24,29H,11-12,17-22H2,1-6H3,(H,37,38). The topological polar surface area (TPSA) is 96.4 Å². The van der Waals surface area contributed by atoms with Crippen LogP contribution in [-0.2, 0) is 14.3 Å². The van der Waals surface area contributed by atoms with E-state index in [1.54, 1.807) is 11.8 Å². The second kappa shape index (κ2) is 12.8. The van der Waals surface area contributed by atoms with Crippen LogP contribution in [0.5, 0.6) is 0 Å². The lowest BCUT2D eigenvalue weighted by atomic mass is 9.77. The normalized spacial score (nSPS) is 16.9. The first-order valence-electron chi connectivity index (χ1n) is 15.2. The first-order valence-corrected chi connectivity index (χ1v) is 15.2. The number of likely N-dealkylation sites (tertiary alicyclic amines) is 1. The van der Waals surface area contributed by atoms with Gasteiger partial charge in [0.1, 0.15) is 17.7 Å². The molecule has 1 aliphatic carbocycles. The van der Waals surface area contributed by atoms with E-state index in [0.29, 0.717) is 38.3 Å². The zero-order valence-electron chi connectivity index (χ0n) is 25.9. The number of carbonyl (C=O) groups excluding carboxylic acids is 2. The van der Waals surface area contributed by atoms with Crippen LogP contribution in [0.4, 0.5) is 9.59 Å². The van der Waals surface area contributed by atoms with Crippen molar-refractivity contribution >= 4 is 18.2 Å². The molecular formula is C34H46N2O6. The molecule has 228 valence electrons. The van der Waals surface area contributed by atoms with Crippen LogP contribution in [0.2, 0.25) is 0 Å². The number of carbonyl (C=O) groups is 3. The summed E-state index contributed by atoms with van der Waals surface area (Å²) in [5, 5.41) is 10.6. The Morgan fingerprint density at radius 2 is 1.50 bits per heavy atom. The van der Waals surface area contributed by atoms with Gasteiger partial charge < -0.3 is 19.5 Å². The van der Waals surface area contributed by atoms with Crippen LogP contribution in [0.1, 0.15) is 84.3 Å². The molecule has 0 aromatic heterocycles. The summed E-state index contributed by atoms with van der Waals surface area (Å²) < 4.78 is 11.5. The average Bonchev–Trinajstić information content (AvgIpc) is 3.26. The van der Waals surface area contributed by atoms with E-state index in [4.69, 9.17) is 9.47 Å². The molecule has 4 rings (SSSR count). The van der Waals surface area contributed by atoms with Crippen LogP contribution >= 0.6 is 0 Å². The number of benzene rings is 2. The third-order valence-corrected chi connectivity index (χ3v) is 8.65. The van der Waals surface area contributed by atoms with Crippen LogP contribution in [-0.4, -0.2) is 70.4 Å². The Bertz CT molecular complexity index is 1230. The highest BCUT2D eigenvalue weighted by molar-refractivity contribution is 5.85. The molecule has 1 unspecified atom stereocenters. The lowest BCUT2D eigenvalue weighted by molar-refractivity contribution is -0.154. The maximum Gasteiger partial charge on any atom is 0.410 e. The van der Waals surface area contributed by atoms with Crippen LogP contribution < -0.4 is 0 Å². The number of rotatable bonds is 9. The Hall–Kier alpha value is -3.55. The number of carboxylic acid groups (broad SMARTS) is 1.